The second-order valence-electron chi connectivity index (χ2n) is 25.4. The zero-order chi connectivity index (χ0) is 66.9. The number of ketones is 1. The van der Waals surface area contributed by atoms with Crippen molar-refractivity contribution in [2.75, 3.05) is 23.8 Å². The molecule has 4 heterocycles. The van der Waals surface area contributed by atoms with Gasteiger partial charge in [-0.25, -0.2) is 27.9 Å². The second kappa shape index (κ2) is 27.4. The Bertz CT molecular complexity index is 4240. The smallest absolute Gasteiger partial charge is 0.390 e. The Kier molecular flexibility index (Phi) is 18.9. The molecule has 3 aromatic heterocycles. The molecule has 0 saturated heterocycles. The van der Waals surface area contributed by atoms with Gasteiger partial charge in [0.2, 0.25) is 11.8 Å². The quantitative estimate of drug-likeness (QED) is 0.0272. The lowest BCUT2D eigenvalue weighted by molar-refractivity contribution is -0.133. The van der Waals surface area contributed by atoms with Gasteiger partial charge >= 0.3 is 12.4 Å². The number of halogens is 8. The number of Topliss-reactive ketones (excluding diaryl/α,β-unsaturated/α-hetero) is 1. The molecule has 5 N–H and O–H groups in total. The topological polar surface area (TPSA) is 178 Å². The molecule has 7 aromatic rings. The van der Waals surface area contributed by atoms with E-state index in [-0.39, 0.29) is 89.0 Å². The largest absolute Gasteiger partial charge is 0.489 e. The van der Waals surface area contributed by atoms with Gasteiger partial charge in [0.05, 0.1) is 59.3 Å². The Morgan fingerprint density at radius 3 is 2.04 bits per heavy atom. The molecular weight excluding hydrogens is 1240 g/mol. The number of carbonyl (C=O) groups is 3. The summed E-state index contributed by atoms with van der Waals surface area (Å²) in [5.74, 6) is -2.92. The fourth-order valence-corrected chi connectivity index (χ4v) is 12.3. The minimum atomic E-state index is -4.50. The Morgan fingerprint density at radius 1 is 0.695 bits per heavy atom. The third-order valence-corrected chi connectivity index (χ3v) is 17.9. The fraction of sp³-hybridized carbons (Fsp3) is 0.361. The number of alkyl halides is 6. The summed E-state index contributed by atoms with van der Waals surface area (Å²) in [5.41, 5.74) is 11.8. The SMILES string of the molecule is CC1CC(c2cnc3c(NCCC(F)(F)F)cc(C(C)c4cc(F)ccc4OCc4cccc([C@@H](C)CC5=C(c6cnc7n6NC(C(=O)c6cc(F)ccc6OCc6ccccc6)C=C7NCCC(F)(F)F)CC(C)C(C(=O)NC6CC6)=C5)c4)nn23)=CC=C1C(=O)NC1CC1. The number of hydrogen-bond donors (Lipinski definition) is 5. The van der Waals surface area contributed by atoms with Gasteiger partial charge in [-0.15, -0.1) is 0 Å². The average Bonchev–Trinajstić information content (AvgIpc) is 1.75. The number of carbonyl (C=O) groups excluding carboxylic acids is 3. The predicted octanol–water partition coefficient (Wildman–Crippen LogP) is 14.4. The van der Waals surface area contributed by atoms with Crippen LogP contribution in [0.5, 0.6) is 11.5 Å². The maximum atomic E-state index is 15.5. The molecule has 95 heavy (non-hydrogen) atoms. The summed E-state index contributed by atoms with van der Waals surface area (Å²) in [7, 11) is 0. The Labute approximate surface area is 543 Å². The van der Waals surface area contributed by atoms with Crippen molar-refractivity contribution in [1.29, 1.82) is 0 Å². The van der Waals surface area contributed by atoms with Crippen LogP contribution in [0.25, 0.3) is 22.5 Å². The average molecular weight is 1310 g/mol. The summed E-state index contributed by atoms with van der Waals surface area (Å²) in [5, 5.41) is 17.0. The molecule has 4 aliphatic carbocycles. The number of amides is 2. The van der Waals surface area contributed by atoms with Gasteiger partial charge in [-0.1, -0.05) is 94.4 Å². The maximum Gasteiger partial charge on any atom is 0.390 e. The van der Waals surface area contributed by atoms with Crippen LogP contribution in [-0.2, 0) is 22.8 Å². The van der Waals surface area contributed by atoms with Crippen LogP contribution in [0.4, 0.5) is 40.8 Å². The zero-order valence-electron chi connectivity index (χ0n) is 52.7. The first-order valence-corrected chi connectivity index (χ1v) is 32.0. The Balaban J connectivity index is 0.826. The first-order chi connectivity index (χ1) is 45.5. The monoisotopic (exact) mass is 1310 g/mol. The summed E-state index contributed by atoms with van der Waals surface area (Å²) >= 11 is 0. The van der Waals surface area contributed by atoms with Gasteiger partial charge in [0.1, 0.15) is 42.4 Å². The van der Waals surface area contributed by atoms with E-state index in [4.69, 9.17) is 19.6 Å². The number of allylic oxidation sites excluding steroid dienone is 6. The lowest BCUT2D eigenvalue weighted by Crippen LogP contribution is -2.41. The first-order valence-electron chi connectivity index (χ1n) is 32.0. The molecule has 2 amide bonds. The molecule has 496 valence electrons. The normalized spacial score (nSPS) is 18.7. The van der Waals surface area contributed by atoms with E-state index in [0.29, 0.717) is 58.8 Å². The molecule has 5 atom stereocenters. The van der Waals surface area contributed by atoms with E-state index in [1.165, 1.54) is 36.4 Å². The number of benzene rings is 4. The highest BCUT2D eigenvalue weighted by molar-refractivity contribution is 6.05. The van der Waals surface area contributed by atoms with Crippen LogP contribution in [0.15, 0.2) is 150 Å². The summed E-state index contributed by atoms with van der Waals surface area (Å²) in [6.07, 6.45) is 3.74. The van der Waals surface area contributed by atoms with E-state index in [1.54, 1.807) is 40.7 Å². The predicted molar refractivity (Wildman–Crippen MR) is 344 cm³/mol. The van der Waals surface area contributed by atoms with Crippen LogP contribution in [0.2, 0.25) is 0 Å². The van der Waals surface area contributed by atoms with E-state index >= 15 is 8.78 Å². The van der Waals surface area contributed by atoms with Crippen LogP contribution >= 0.6 is 0 Å². The van der Waals surface area contributed by atoms with Crippen molar-refractivity contribution < 1.29 is 59.0 Å². The summed E-state index contributed by atoms with van der Waals surface area (Å²) in [6.45, 7) is 6.86. The molecule has 0 bridgehead atoms. The molecule has 1 aliphatic heterocycles. The Morgan fingerprint density at radius 2 is 1.34 bits per heavy atom. The summed E-state index contributed by atoms with van der Waals surface area (Å²) in [6, 6.07) is 25.3. The first kappa shape index (κ1) is 65.5. The molecule has 2 fully saturated rings. The fourth-order valence-electron chi connectivity index (χ4n) is 12.3. The van der Waals surface area contributed by atoms with Crippen molar-refractivity contribution in [2.24, 2.45) is 11.8 Å². The molecule has 0 radical (unpaired) electrons. The molecule has 15 nitrogen and oxygen atoms in total. The van der Waals surface area contributed by atoms with Crippen LogP contribution in [0.1, 0.15) is 153 Å². The number of imidazole rings is 2. The van der Waals surface area contributed by atoms with Gasteiger partial charge < -0.3 is 36.2 Å². The van der Waals surface area contributed by atoms with Gasteiger partial charge in [0.25, 0.3) is 0 Å². The maximum absolute atomic E-state index is 15.5. The van der Waals surface area contributed by atoms with E-state index in [0.717, 1.165) is 65.2 Å². The van der Waals surface area contributed by atoms with Crippen molar-refractivity contribution >= 4 is 45.8 Å². The van der Waals surface area contributed by atoms with Crippen LogP contribution in [-0.4, -0.2) is 85.4 Å². The summed E-state index contributed by atoms with van der Waals surface area (Å²) < 4.78 is 128. The zero-order valence-corrected chi connectivity index (χ0v) is 52.7. The van der Waals surface area contributed by atoms with E-state index in [2.05, 4.69) is 31.7 Å². The minimum absolute atomic E-state index is 0.0301. The number of ether oxygens (including phenoxy) is 2. The van der Waals surface area contributed by atoms with Crippen LogP contribution in [0, 0.1) is 23.5 Å². The molecule has 2 saturated carbocycles. The second-order valence-corrected chi connectivity index (χ2v) is 25.4. The lowest BCUT2D eigenvalue weighted by atomic mass is 9.79. The number of aromatic nitrogens is 5. The number of nitrogens with one attached hydrogen (secondary N) is 5. The molecule has 4 aromatic carbocycles. The van der Waals surface area contributed by atoms with Crippen LogP contribution < -0.4 is 36.2 Å². The third kappa shape index (κ3) is 15.7. The van der Waals surface area contributed by atoms with Crippen molar-refractivity contribution in [3.05, 3.63) is 213 Å². The van der Waals surface area contributed by atoms with Gasteiger partial charge in [-0.3, -0.25) is 14.4 Å². The summed E-state index contributed by atoms with van der Waals surface area (Å²) in [4.78, 5) is 51.2. The van der Waals surface area contributed by atoms with E-state index in [9.17, 15) is 40.7 Å². The van der Waals surface area contributed by atoms with Crippen molar-refractivity contribution in [3.63, 3.8) is 0 Å². The number of hydrogen-bond acceptors (Lipinski definition) is 11. The lowest BCUT2D eigenvalue weighted by Gasteiger charge is -2.30. The molecule has 0 spiro atoms. The van der Waals surface area contributed by atoms with Gasteiger partial charge in [-0.2, -0.15) is 31.4 Å². The molecule has 4 unspecified atom stereocenters. The van der Waals surface area contributed by atoms with Gasteiger partial charge in [-0.05, 0) is 151 Å². The number of fused-ring (bicyclic) bond motifs is 2. The van der Waals surface area contributed by atoms with Crippen molar-refractivity contribution in [2.45, 2.75) is 141 Å². The molecule has 5 aliphatic rings. The standard InChI is InChI=1S/C72H72F8N10O5/c1-40(46-12-8-11-45(30-46)39-95-64-21-14-49(73)32-55(64)43(4)58-34-60(81-25-23-71(75,76)77)67-83-36-62(89(67)87-58)47-13-20-53(41(2)28-47)69(92)85-51-16-17-51)27-48-31-54(70(93)86-52-18-19-52)42(3)29-56(48)63-37-84-68-61(82-26-24-72(78,79)80)35-59(88-90(63)68)66(91)57-33-50(74)15-22-65(57)94-38-44-9-6-5-7-10-44/h5-15,20-22,30-37,40-43,51-52,59,81-82,88H,16-19,23-29,38-39H2,1-4H3,(H,85,92)(H,86,93)/t40-,41?,42?,43?,59?/m0/s1. The molecular formula is C72H72F8N10O5. The van der Waals surface area contributed by atoms with Crippen molar-refractivity contribution in [1.82, 2.24) is 40.2 Å². The highest BCUT2D eigenvalue weighted by Gasteiger charge is 2.37. The highest BCUT2D eigenvalue weighted by atomic mass is 19.4. The van der Waals surface area contributed by atoms with E-state index < -0.39 is 67.7 Å². The highest BCUT2D eigenvalue weighted by Crippen LogP contribution is 2.43. The minimum Gasteiger partial charge on any atom is -0.489 e. The van der Waals surface area contributed by atoms with Crippen LogP contribution in [0.3, 0.4) is 0 Å². The number of rotatable bonds is 25. The Hall–Kier alpha value is -9.54. The molecule has 23 heteroatoms. The van der Waals surface area contributed by atoms with Gasteiger partial charge in [0.15, 0.2) is 17.3 Å². The third-order valence-electron chi connectivity index (χ3n) is 17.9. The van der Waals surface area contributed by atoms with Crippen molar-refractivity contribution in [3.8, 4) is 11.5 Å². The van der Waals surface area contributed by atoms with E-state index in [1.807, 2.05) is 87.5 Å². The molecule has 12 rings (SSSR count). The number of anilines is 1. The van der Waals surface area contributed by atoms with Gasteiger partial charge in [0, 0.05) is 47.8 Å². The number of nitrogens with zero attached hydrogens (tertiary/aromatic N) is 5.